The van der Waals surface area contributed by atoms with Crippen molar-refractivity contribution in [3.8, 4) is 0 Å². The highest BCUT2D eigenvalue weighted by atomic mass is 35.5. The molecule has 4 nitrogen and oxygen atoms in total. The molecule has 102 valence electrons. The number of halogens is 1. The fourth-order valence-corrected chi connectivity index (χ4v) is 3.35. The summed E-state index contributed by atoms with van der Waals surface area (Å²) in [6.45, 7) is 4.35. The molecule has 0 spiro atoms. The first kappa shape index (κ1) is 15.4. The van der Waals surface area contributed by atoms with Crippen LogP contribution in [0.1, 0.15) is 13.8 Å². The SMILES string of the molecule is CCOC(CS(=O)(=O)c1ccccc1Cl)OCC. The molecule has 0 aliphatic carbocycles. The van der Waals surface area contributed by atoms with Crippen LogP contribution in [0.5, 0.6) is 0 Å². The lowest BCUT2D eigenvalue weighted by Crippen LogP contribution is -2.27. The maximum absolute atomic E-state index is 12.2. The van der Waals surface area contributed by atoms with Crippen LogP contribution in [-0.4, -0.2) is 33.7 Å². The lowest BCUT2D eigenvalue weighted by molar-refractivity contribution is -0.120. The van der Waals surface area contributed by atoms with Gasteiger partial charge in [0.1, 0.15) is 5.75 Å². The molecule has 1 aromatic carbocycles. The van der Waals surface area contributed by atoms with Crippen LogP contribution < -0.4 is 0 Å². The third-order valence-electron chi connectivity index (χ3n) is 2.23. The second kappa shape index (κ2) is 7.09. The Morgan fingerprint density at radius 1 is 1.17 bits per heavy atom. The van der Waals surface area contributed by atoms with Gasteiger partial charge in [0.05, 0.1) is 9.92 Å². The van der Waals surface area contributed by atoms with E-state index in [9.17, 15) is 8.42 Å². The molecular formula is C12H17ClO4S. The quantitative estimate of drug-likeness (QED) is 0.725. The van der Waals surface area contributed by atoms with Gasteiger partial charge in [-0.3, -0.25) is 0 Å². The Morgan fingerprint density at radius 2 is 1.72 bits per heavy atom. The van der Waals surface area contributed by atoms with Gasteiger partial charge in [-0.05, 0) is 26.0 Å². The first-order valence-electron chi connectivity index (χ1n) is 5.71. The standard InChI is InChI=1S/C12H17ClO4S/c1-3-16-12(17-4-2)9-18(14,15)11-8-6-5-7-10(11)13/h5-8,12H,3-4,9H2,1-2H3. The van der Waals surface area contributed by atoms with Gasteiger partial charge in [0.25, 0.3) is 0 Å². The van der Waals surface area contributed by atoms with E-state index in [1.807, 2.05) is 0 Å². The van der Waals surface area contributed by atoms with E-state index in [0.717, 1.165) is 0 Å². The Labute approximate surface area is 113 Å². The highest BCUT2D eigenvalue weighted by Gasteiger charge is 2.23. The van der Waals surface area contributed by atoms with Crippen LogP contribution in [0.25, 0.3) is 0 Å². The number of sulfone groups is 1. The maximum atomic E-state index is 12.2. The van der Waals surface area contributed by atoms with Gasteiger partial charge in [0.2, 0.25) is 0 Å². The maximum Gasteiger partial charge on any atom is 0.184 e. The Bertz CT molecular complexity index is 467. The third-order valence-corrected chi connectivity index (χ3v) is 4.41. The summed E-state index contributed by atoms with van der Waals surface area (Å²) in [5, 5.41) is 0.212. The summed E-state index contributed by atoms with van der Waals surface area (Å²) in [5.41, 5.74) is 0. The minimum absolute atomic E-state index is 0.107. The van der Waals surface area contributed by atoms with Crippen LogP contribution in [0.2, 0.25) is 5.02 Å². The second-order valence-electron chi connectivity index (χ2n) is 3.55. The zero-order chi connectivity index (χ0) is 13.6. The number of hydrogen-bond acceptors (Lipinski definition) is 4. The number of rotatable bonds is 7. The van der Waals surface area contributed by atoms with E-state index in [0.29, 0.717) is 13.2 Å². The fourth-order valence-electron chi connectivity index (χ4n) is 1.48. The summed E-state index contributed by atoms with van der Waals surface area (Å²) in [6, 6.07) is 6.34. The van der Waals surface area contributed by atoms with Crippen LogP contribution in [0, 0.1) is 0 Å². The number of benzene rings is 1. The van der Waals surface area contributed by atoms with E-state index in [-0.39, 0.29) is 15.7 Å². The molecule has 0 fully saturated rings. The van der Waals surface area contributed by atoms with Gasteiger partial charge in [0.15, 0.2) is 16.1 Å². The van der Waals surface area contributed by atoms with Crippen LogP contribution in [0.4, 0.5) is 0 Å². The molecule has 0 radical (unpaired) electrons. The minimum atomic E-state index is -3.52. The molecule has 0 N–H and O–H groups in total. The van der Waals surface area contributed by atoms with Crippen molar-refractivity contribution >= 4 is 21.4 Å². The molecule has 0 aromatic heterocycles. The highest BCUT2D eigenvalue weighted by molar-refractivity contribution is 7.91. The predicted octanol–water partition coefficient (Wildman–Crippen LogP) is 2.51. The van der Waals surface area contributed by atoms with Gasteiger partial charge in [-0.1, -0.05) is 23.7 Å². The van der Waals surface area contributed by atoms with E-state index in [4.69, 9.17) is 21.1 Å². The van der Waals surface area contributed by atoms with Gasteiger partial charge in [-0.15, -0.1) is 0 Å². The van der Waals surface area contributed by atoms with Crippen molar-refractivity contribution in [3.05, 3.63) is 29.3 Å². The Kier molecular flexibility index (Phi) is 6.08. The molecule has 1 aromatic rings. The van der Waals surface area contributed by atoms with Crippen molar-refractivity contribution in [2.24, 2.45) is 0 Å². The van der Waals surface area contributed by atoms with E-state index < -0.39 is 16.1 Å². The molecule has 0 saturated heterocycles. The molecule has 18 heavy (non-hydrogen) atoms. The molecule has 0 amide bonds. The predicted molar refractivity (Wildman–Crippen MR) is 70.5 cm³/mol. The highest BCUT2D eigenvalue weighted by Crippen LogP contribution is 2.22. The van der Waals surface area contributed by atoms with Crippen LogP contribution in [-0.2, 0) is 19.3 Å². The zero-order valence-corrected chi connectivity index (χ0v) is 12.0. The monoisotopic (exact) mass is 292 g/mol. The van der Waals surface area contributed by atoms with Crippen molar-refractivity contribution in [1.82, 2.24) is 0 Å². The lowest BCUT2D eigenvalue weighted by Gasteiger charge is -2.17. The molecule has 1 rings (SSSR count). The summed E-state index contributed by atoms with van der Waals surface area (Å²) in [7, 11) is -3.52. The minimum Gasteiger partial charge on any atom is -0.352 e. The molecule has 0 unspecified atom stereocenters. The van der Waals surface area contributed by atoms with Crippen LogP contribution >= 0.6 is 11.6 Å². The van der Waals surface area contributed by atoms with Gasteiger partial charge in [-0.2, -0.15) is 0 Å². The van der Waals surface area contributed by atoms with Gasteiger partial charge < -0.3 is 9.47 Å². The van der Waals surface area contributed by atoms with Crippen LogP contribution in [0.15, 0.2) is 29.2 Å². The normalized spacial score (nSPS) is 12.0. The average Bonchev–Trinajstić information content (AvgIpc) is 2.29. The van der Waals surface area contributed by atoms with Crippen molar-refractivity contribution < 1.29 is 17.9 Å². The largest absolute Gasteiger partial charge is 0.352 e. The van der Waals surface area contributed by atoms with Crippen molar-refractivity contribution in [1.29, 1.82) is 0 Å². The van der Waals surface area contributed by atoms with E-state index >= 15 is 0 Å². The molecular weight excluding hydrogens is 276 g/mol. The Balaban J connectivity index is 2.90. The lowest BCUT2D eigenvalue weighted by atomic mass is 10.4. The summed E-state index contributed by atoms with van der Waals surface area (Å²) in [4.78, 5) is 0.107. The molecule has 0 aliphatic heterocycles. The van der Waals surface area contributed by atoms with Crippen molar-refractivity contribution in [2.75, 3.05) is 19.0 Å². The molecule has 0 atom stereocenters. The number of ether oxygens (including phenoxy) is 2. The summed E-state index contributed by atoms with van der Waals surface area (Å²) < 4.78 is 34.8. The van der Waals surface area contributed by atoms with E-state index in [2.05, 4.69) is 0 Å². The van der Waals surface area contributed by atoms with Gasteiger partial charge in [0, 0.05) is 13.2 Å². The molecule has 0 heterocycles. The summed E-state index contributed by atoms with van der Waals surface area (Å²) in [6.07, 6.45) is -0.763. The summed E-state index contributed by atoms with van der Waals surface area (Å²) >= 11 is 5.89. The summed E-state index contributed by atoms with van der Waals surface area (Å²) in [5.74, 6) is -0.238. The topological polar surface area (TPSA) is 52.6 Å². The van der Waals surface area contributed by atoms with Gasteiger partial charge >= 0.3 is 0 Å². The average molecular weight is 293 g/mol. The molecule has 0 aliphatic rings. The Hall–Kier alpha value is -0.620. The Morgan fingerprint density at radius 3 is 2.22 bits per heavy atom. The van der Waals surface area contributed by atoms with Crippen LogP contribution in [0.3, 0.4) is 0 Å². The molecule has 0 saturated carbocycles. The smallest absolute Gasteiger partial charge is 0.184 e. The molecule has 6 heteroatoms. The van der Waals surface area contributed by atoms with Gasteiger partial charge in [-0.25, -0.2) is 8.42 Å². The zero-order valence-electron chi connectivity index (χ0n) is 10.4. The fraction of sp³-hybridized carbons (Fsp3) is 0.500. The van der Waals surface area contributed by atoms with E-state index in [1.54, 1.807) is 32.0 Å². The molecule has 0 bridgehead atoms. The number of hydrogen-bond donors (Lipinski definition) is 0. The second-order valence-corrected chi connectivity index (χ2v) is 5.96. The van der Waals surface area contributed by atoms with Crippen molar-refractivity contribution in [2.45, 2.75) is 25.0 Å². The first-order chi connectivity index (χ1) is 8.51. The third kappa shape index (κ3) is 4.24. The first-order valence-corrected chi connectivity index (χ1v) is 7.74. The van der Waals surface area contributed by atoms with Crippen molar-refractivity contribution in [3.63, 3.8) is 0 Å². The van der Waals surface area contributed by atoms with E-state index in [1.165, 1.54) is 6.07 Å².